The van der Waals surface area contributed by atoms with Crippen LogP contribution in [0, 0.1) is 39.9 Å². The zero-order valence-electron chi connectivity index (χ0n) is 17.9. The molecule has 0 radical (unpaired) electrons. The summed E-state index contributed by atoms with van der Waals surface area (Å²) in [7, 11) is 4.19. The van der Waals surface area contributed by atoms with Crippen LogP contribution in [0.5, 0.6) is 0 Å². The van der Waals surface area contributed by atoms with Gasteiger partial charge in [0, 0.05) is 5.92 Å². The lowest BCUT2D eigenvalue weighted by atomic mass is 9.52. The number of rotatable bonds is 3. The normalized spacial score (nSPS) is 45.2. The van der Waals surface area contributed by atoms with Crippen LogP contribution in [-0.2, 0) is 28.6 Å². The van der Waals surface area contributed by atoms with Crippen LogP contribution in [0.1, 0.15) is 51.9 Å². The third-order valence-electron chi connectivity index (χ3n) is 9.03. The molecule has 6 heteroatoms. The average Bonchev–Trinajstić information content (AvgIpc) is 3.14. The summed E-state index contributed by atoms with van der Waals surface area (Å²) in [5.74, 6) is -1.64. The molecule has 0 N–H and O–H groups in total. The number of fused-ring (bicyclic) bond motifs is 3. The van der Waals surface area contributed by atoms with Gasteiger partial charge < -0.3 is 14.2 Å². The molecular weight excluding hydrogens is 372 g/mol. The average molecular weight is 405 g/mol. The number of hydrogen-bond donors (Lipinski definition) is 0. The quantitative estimate of drug-likeness (QED) is 0.408. The number of ether oxygens (including phenoxy) is 3. The van der Waals surface area contributed by atoms with Gasteiger partial charge in [0.2, 0.25) is 0 Å². The van der Waals surface area contributed by atoms with Crippen molar-refractivity contribution in [3.8, 4) is 0 Å². The van der Waals surface area contributed by atoms with Gasteiger partial charge >= 0.3 is 17.9 Å². The van der Waals surface area contributed by atoms with E-state index in [4.69, 9.17) is 14.2 Å². The third kappa shape index (κ3) is 2.32. The van der Waals surface area contributed by atoms with Gasteiger partial charge in [-0.1, -0.05) is 18.6 Å². The molecule has 6 nitrogen and oxygen atoms in total. The van der Waals surface area contributed by atoms with Gasteiger partial charge in [-0.3, -0.25) is 14.4 Å². The van der Waals surface area contributed by atoms with Gasteiger partial charge in [0.05, 0.1) is 38.1 Å². The Morgan fingerprint density at radius 3 is 2.31 bits per heavy atom. The van der Waals surface area contributed by atoms with Crippen molar-refractivity contribution in [2.75, 3.05) is 21.3 Å². The molecule has 0 aromatic carbocycles. The molecule has 160 valence electrons. The summed E-state index contributed by atoms with van der Waals surface area (Å²) in [5, 5.41) is 0. The highest BCUT2D eigenvalue weighted by Crippen LogP contribution is 2.78. The molecule has 7 atom stereocenters. The first-order valence-corrected chi connectivity index (χ1v) is 10.6. The molecule has 0 aliphatic heterocycles. The minimum absolute atomic E-state index is 0.0173. The van der Waals surface area contributed by atoms with Crippen LogP contribution in [-0.4, -0.2) is 39.2 Å². The van der Waals surface area contributed by atoms with Crippen LogP contribution >= 0.6 is 0 Å². The molecule has 4 saturated carbocycles. The van der Waals surface area contributed by atoms with Crippen LogP contribution in [0.25, 0.3) is 0 Å². The lowest BCUT2D eigenvalue weighted by Gasteiger charge is -2.50. The SMILES string of the molecule is C=C1C[C@@]23C[C@@H]1CCC2[C@@]1(C(=O)OC)CCCC(C)(C(=O)OC)C1C3C(=O)OC. The Morgan fingerprint density at radius 1 is 1.00 bits per heavy atom. The van der Waals surface area contributed by atoms with Gasteiger partial charge in [0.1, 0.15) is 0 Å². The maximum Gasteiger partial charge on any atom is 0.312 e. The highest BCUT2D eigenvalue weighted by Gasteiger charge is 2.79. The summed E-state index contributed by atoms with van der Waals surface area (Å²) < 4.78 is 15.9. The molecule has 4 aliphatic rings. The van der Waals surface area contributed by atoms with Crippen LogP contribution in [0.15, 0.2) is 12.2 Å². The van der Waals surface area contributed by atoms with Crippen molar-refractivity contribution in [1.29, 1.82) is 0 Å². The first-order chi connectivity index (χ1) is 13.7. The lowest BCUT2D eigenvalue weighted by molar-refractivity contribution is -0.181. The molecule has 0 aromatic rings. The second-order valence-corrected chi connectivity index (χ2v) is 9.87. The van der Waals surface area contributed by atoms with E-state index in [0.29, 0.717) is 25.2 Å². The van der Waals surface area contributed by atoms with Crippen molar-refractivity contribution in [1.82, 2.24) is 0 Å². The van der Waals surface area contributed by atoms with E-state index >= 15 is 0 Å². The molecule has 4 unspecified atom stereocenters. The van der Waals surface area contributed by atoms with Gasteiger partial charge in [-0.25, -0.2) is 0 Å². The minimum Gasteiger partial charge on any atom is -0.469 e. The maximum atomic E-state index is 13.5. The van der Waals surface area contributed by atoms with E-state index in [0.717, 1.165) is 25.7 Å². The molecule has 0 aromatic heterocycles. The topological polar surface area (TPSA) is 78.9 Å². The van der Waals surface area contributed by atoms with Crippen molar-refractivity contribution in [2.45, 2.75) is 51.9 Å². The summed E-state index contributed by atoms with van der Waals surface area (Å²) in [6.45, 7) is 6.17. The van der Waals surface area contributed by atoms with Crippen LogP contribution in [0.3, 0.4) is 0 Å². The second-order valence-electron chi connectivity index (χ2n) is 9.87. The number of esters is 3. The highest BCUT2D eigenvalue weighted by molar-refractivity contribution is 5.87. The zero-order chi connectivity index (χ0) is 21.2. The van der Waals surface area contributed by atoms with Gasteiger partial charge in [-0.05, 0) is 62.7 Å². The molecule has 4 rings (SSSR count). The molecule has 0 heterocycles. The summed E-state index contributed by atoms with van der Waals surface area (Å²) in [6, 6.07) is 0. The Bertz CT molecular complexity index is 773. The summed E-state index contributed by atoms with van der Waals surface area (Å²) >= 11 is 0. The smallest absolute Gasteiger partial charge is 0.312 e. The first-order valence-electron chi connectivity index (χ1n) is 10.6. The van der Waals surface area contributed by atoms with Crippen molar-refractivity contribution >= 4 is 17.9 Å². The van der Waals surface area contributed by atoms with Crippen molar-refractivity contribution in [3.63, 3.8) is 0 Å². The Kier molecular flexibility index (Phi) is 4.63. The number of carbonyl (C=O) groups excluding carboxylic acids is 3. The van der Waals surface area contributed by atoms with E-state index in [9.17, 15) is 14.4 Å². The van der Waals surface area contributed by atoms with E-state index in [2.05, 4.69) is 6.58 Å². The van der Waals surface area contributed by atoms with E-state index < -0.39 is 28.1 Å². The fourth-order valence-electron chi connectivity index (χ4n) is 8.23. The molecule has 0 amide bonds. The van der Waals surface area contributed by atoms with Crippen LogP contribution in [0.4, 0.5) is 0 Å². The maximum absolute atomic E-state index is 13.5. The van der Waals surface area contributed by atoms with E-state index in [1.165, 1.54) is 26.9 Å². The predicted octanol–water partition coefficient (Wildman–Crippen LogP) is 3.29. The van der Waals surface area contributed by atoms with Crippen molar-refractivity contribution in [2.24, 2.45) is 39.9 Å². The number of allylic oxidation sites excluding steroid dienone is 1. The first kappa shape index (κ1) is 20.4. The molecule has 2 bridgehead atoms. The van der Waals surface area contributed by atoms with Gasteiger partial charge in [0.25, 0.3) is 0 Å². The molecule has 29 heavy (non-hydrogen) atoms. The predicted molar refractivity (Wildman–Crippen MR) is 104 cm³/mol. The van der Waals surface area contributed by atoms with Crippen molar-refractivity contribution in [3.05, 3.63) is 12.2 Å². The second kappa shape index (κ2) is 6.58. The Morgan fingerprint density at radius 2 is 1.69 bits per heavy atom. The number of carbonyl (C=O) groups is 3. The molecule has 4 fully saturated rings. The minimum atomic E-state index is -0.939. The molecule has 1 spiro atoms. The van der Waals surface area contributed by atoms with E-state index in [1.807, 2.05) is 6.92 Å². The third-order valence-corrected chi connectivity index (χ3v) is 9.03. The number of methoxy groups -OCH3 is 3. The lowest BCUT2D eigenvalue weighted by Crippen LogP contribution is -2.55. The summed E-state index contributed by atoms with van der Waals surface area (Å²) in [6.07, 6.45) is 5.32. The molecular formula is C23H32O6. The fraction of sp³-hybridized carbons (Fsp3) is 0.783. The summed E-state index contributed by atoms with van der Waals surface area (Å²) in [4.78, 5) is 39.9. The zero-order valence-corrected chi connectivity index (χ0v) is 17.9. The van der Waals surface area contributed by atoms with Crippen LogP contribution < -0.4 is 0 Å². The van der Waals surface area contributed by atoms with E-state index in [-0.39, 0.29) is 23.8 Å². The Hall–Kier alpha value is -1.85. The fourth-order valence-corrected chi connectivity index (χ4v) is 8.23. The van der Waals surface area contributed by atoms with Gasteiger partial charge in [-0.2, -0.15) is 0 Å². The van der Waals surface area contributed by atoms with Gasteiger partial charge in [-0.15, -0.1) is 0 Å². The molecule has 0 saturated heterocycles. The summed E-state index contributed by atoms with van der Waals surface area (Å²) in [5.41, 5.74) is -1.04. The Labute approximate surface area is 172 Å². The number of hydrogen-bond acceptors (Lipinski definition) is 6. The Balaban J connectivity index is 2.00. The van der Waals surface area contributed by atoms with Crippen molar-refractivity contribution < 1.29 is 28.6 Å². The molecule has 4 aliphatic carbocycles. The van der Waals surface area contributed by atoms with E-state index in [1.54, 1.807) is 0 Å². The van der Waals surface area contributed by atoms with Crippen LogP contribution in [0.2, 0.25) is 0 Å². The standard InChI is InChI=1S/C23H32O6/c1-13-11-22-12-14(13)7-8-15(22)23(20(26)29-5)10-6-9-21(2,19(25)28-4)17(23)16(22)18(24)27-3/h14-17H,1,6-12H2,2-5H3/t14-,15?,16?,17?,21?,22+,23-/m0/s1. The monoisotopic (exact) mass is 404 g/mol. The largest absolute Gasteiger partial charge is 0.469 e. The highest BCUT2D eigenvalue weighted by atomic mass is 16.5. The van der Waals surface area contributed by atoms with Gasteiger partial charge in [0.15, 0.2) is 0 Å².